The van der Waals surface area contributed by atoms with Gasteiger partial charge in [0.1, 0.15) is 5.82 Å². The first-order valence-electron chi connectivity index (χ1n) is 5.89. The van der Waals surface area contributed by atoms with Gasteiger partial charge in [-0.15, -0.1) is 0 Å². The number of anilines is 2. The van der Waals surface area contributed by atoms with Crippen LogP contribution in [0.2, 0.25) is 0 Å². The van der Waals surface area contributed by atoms with Gasteiger partial charge in [-0.05, 0) is 42.8 Å². The van der Waals surface area contributed by atoms with E-state index < -0.39 is 5.82 Å². The number of nitrogens with two attached hydrogens (primary N) is 1. The van der Waals surface area contributed by atoms with E-state index in [1.807, 2.05) is 0 Å². The van der Waals surface area contributed by atoms with Gasteiger partial charge in [-0.2, -0.15) is 0 Å². The molecule has 0 spiro atoms. The van der Waals surface area contributed by atoms with Gasteiger partial charge in [0.2, 0.25) is 0 Å². The molecule has 0 atom stereocenters. The van der Waals surface area contributed by atoms with Crippen LogP contribution in [0.5, 0.6) is 0 Å². The highest BCUT2D eigenvalue weighted by molar-refractivity contribution is 6.07. The Labute approximate surface area is 111 Å². The second-order valence-electron chi connectivity index (χ2n) is 4.44. The van der Waals surface area contributed by atoms with Gasteiger partial charge in [-0.25, -0.2) is 4.39 Å². The maximum absolute atomic E-state index is 13.3. The molecule has 3 nitrogen and oxygen atoms in total. The average Bonchev–Trinajstić information content (AvgIpc) is 2.36. The molecule has 2 aromatic rings. The summed E-state index contributed by atoms with van der Waals surface area (Å²) in [6, 6.07) is 11.3. The van der Waals surface area contributed by atoms with Gasteiger partial charge in [0.15, 0.2) is 0 Å². The van der Waals surface area contributed by atoms with Crippen LogP contribution in [0.3, 0.4) is 0 Å². The average molecular weight is 258 g/mol. The van der Waals surface area contributed by atoms with E-state index in [9.17, 15) is 9.18 Å². The zero-order valence-electron chi connectivity index (χ0n) is 10.9. The summed E-state index contributed by atoms with van der Waals surface area (Å²) in [7, 11) is 1.62. The molecule has 2 N–H and O–H groups in total. The summed E-state index contributed by atoms with van der Waals surface area (Å²) in [6.07, 6.45) is 0. The number of para-hydroxylation sites is 2. The fourth-order valence-corrected chi connectivity index (χ4v) is 1.96. The molecular formula is C15H15FN2O. The molecule has 0 aliphatic carbocycles. The molecule has 0 radical (unpaired) electrons. The van der Waals surface area contributed by atoms with Gasteiger partial charge in [-0.3, -0.25) is 4.79 Å². The van der Waals surface area contributed by atoms with Gasteiger partial charge < -0.3 is 10.6 Å². The Morgan fingerprint density at radius 2 is 1.89 bits per heavy atom. The molecule has 0 fully saturated rings. The third kappa shape index (κ3) is 2.73. The van der Waals surface area contributed by atoms with Gasteiger partial charge >= 0.3 is 0 Å². The van der Waals surface area contributed by atoms with Crippen molar-refractivity contribution in [2.75, 3.05) is 17.7 Å². The SMILES string of the molecule is Cc1cc(F)cc(C(=O)N(C)c2ccccc2N)c1. The first-order chi connectivity index (χ1) is 8.99. The number of hydrogen-bond acceptors (Lipinski definition) is 2. The summed E-state index contributed by atoms with van der Waals surface area (Å²) in [5.41, 5.74) is 7.96. The third-order valence-electron chi connectivity index (χ3n) is 2.89. The van der Waals surface area contributed by atoms with Crippen molar-refractivity contribution >= 4 is 17.3 Å². The normalized spacial score (nSPS) is 10.3. The summed E-state index contributed by atoms with van der Waals surface area (Å²) >= 11 is 0. The smallest absolute Gasteiger partial charge is 0.258 e. The Bertz CT molecular complexity index is 605. The summed E-state index contributed by atoms with van der Waals surface area (Å²) in [6.45, 7) is 1.75. The maximum Gasteiger partial charge on any atom is 0.258 e. The molecule has 0 saturated carbocycles. The minimum absolute atomic E-state index is 0.291. The maximum atomic E-state index is 13.3. The molecule has 0 saturated heterocycles. The lowest BCUT2D eigenvalue weighted by Gasteiger charge is -2.19. The Kier molecular flexibility index (Phi) is 3.51. The molecular weight excluding hydrogens is 243 g/mol. The standard InChI is InChI=1S/C15H15FN2O/c1-10-7-11(9-12(16)8-10)15(19)18(2)14-6-4-3-5-13(14)17/h3-9H,17H2,1-2H3. The van der Waals surface area contributed by atoms with Crippen LogP contribution in [-0.4, -0.2) is 13.0 Å². The fourth-order valence-electron chi connectivity index (χ4n) is 1.96. The van der Waals surface area contributed by atoms with Gasteiger partial charge in [0.25, 0.3) is 5.91 Å². The van der Waals surface area contributed by atoms with E-state index in [4.69, 9.17) is 5.73 Å². The first kappa shape index (κ1) is 13.1. The van der Waals surface area contributed by atoms with Crippen LogP contribution in [0.4, 0.5) is 15.8 Å². The van der Waals surface area contributed by atoms with Crippen LogP contribution < -0.4 is 10.6 Å². The lowest BCUT2D eigenvalue weighted by atomic mass is 10.1. The molecule has 0 unspecified atom stereocenters. The molecule has 2 rings (SSSR count). The quantitative estimate of drug-likeness (QED) is 0.842. The second kappa shape index (κ2) is 5.10. The van der Waals surface area contributed by atoms with E-state index in [-0.39, 0.29) is 5.91 Å². The van der Waals surface area contributed by atoms with E-state index >= 15 is 0 Å². The predicted octanol–water partition coefficient (Wildman–Crippen LogP) is 2.99. The number of nitrogens with zero attached hydrogens (tertiary/aromatic N) is 1. The highest BCUT2D eigenvalue weighted by Gasteiger charge is 2.16. The van der Waals surface area contributed by atoms with E-state index in [0.717, 1.165) is 0 Å². The number of amides is 1. The molecule has 0 aliphatic heterocycles. The fraction of sp³-hybridized carbons (Fsp3) is 0.133. The van der Waals surface area contributed by atoms with E-state index in [1.165, 1.54) is 17.0 Å². The number of aryl methyl sites for hydroxylation is 1. The lowest BCUT2D eigenvalue weighted by Crippen LogP contribution is -2.27. The summed E-state index contributed by atoms with van der Waals surface area (Å²) in [4.78, 5) is 13.7. The molecule has 0 heterocycles. The van der Waals surface area contributed by atoms with Crippen LogP contribution in [0.1, 0.15) is 15.9 Å². The lowest BCUT2D eigenvalue weighted by molar-refractivity contribution is 0.0992. The van der Waals surface area contributed by atoms with Crippen molar-refractivity contribution in [3.63, 3.8) is 0 Å². The minimum atomic E-state index is -0.419. The van der Waals surface area contributed by atoms with Crippen molar-refractivity contribution in [2.24, 2.45) is 0 Å². The zero-order valence-corrected chi connectivity index (χ0v) is 10.9. The number of carbonyl (C=O) groups is 1. The molecule has 98 valence electrons. The molecule has 1 amide bonds. The molecule has 2 aromatic carbocycles. The van der Waals surface area contributed by atoms with Crippen LogP contribution in [-0.2, 0) is 0 Å². The van der Waals surface area contributed by atoms with Gasteiger partial charge in [0.05, 0.1) is 11.4 Å². The van der Waals surface area contributed by atoms with Gasteiger partial charge in [-0.1, -0.05) is 12.1 Å². The number of benzene rings is 2. The Balaban J connectivity index is 2.36. The summed E-state index contributed by atoms with van der Waals surface area (Å²) < 4.78 is 13.3. The monoisotopic (exact) mass is 258 g/mol. The van der Waals surface area contributed by atoms with E-state index in [2.05, 4.69) is 0 Å². The van der Waals surface area contributed by atoms with E-state index in [1.54, 1.807) is 44.3 Å². The molecule has 0 aromatic heterocycles. The Hall–Kier alpha value is -2.36. The number of halogens is 1. The highest BCUT2D eigenvalue weighted by Crippen LogP contribution is 2.23. The largest absolute Gasteiger partial charge is 0.397 e. The van der Waals surface area contributed by atoms with Crippen LogP contribution in [0.25, 0.3) is 0 Å². The number of hydrogen-bond donors (Lipinski definition) is 1. The Morgan fingerprint density at radius 1 is 1.21 bits per heavy atom. The van der Waals surface area contributed by atoms with Crippen molar-refractivity contribution < 1.29 is 9.18 Å². The molecule has 0 bridgehead atoms. The second-order valence-corrected chi connectivity index (χ2v) is 4.44. The minimum Gasteiger partial charge on any atom is -0.397 e. The highest BCUT2D eigenvalue weighted by atomic mass is 19.1. The van der Waals surface area contributed by atoms with Crippen LogP contribution >= 0.6 is 0 Å². The molecule has 19 heavy (non-hydrogen) atoms. The topological polar surface area (TPSA) is 46.3 Å². The number of nitrogen functional groups attached to an aromatic ring is 1. The third-order valence-corrected chi connectivity index (χ3v) is 2.89. The van der Waals surface area contributed by atoms with Crippen LogP contribution in [0, 0.1) is 12.7 Å². The van der Waals surface area contributed by atoms with Crippen LogP contribution in [0.15, 0.2) is 42.5 Å². The van der Waals surface area contributed by atoms with Crippen molar-refractivity contribution in [2.45, 2.75) is 6.92 Å². The number of rotatable bonds is 2. The van der Waals surface area contributed by atoms with Crippen molar-refractivity contribution in [3.8, 4) is 0 Å². The zero-order chi connectivity index (χ0) is 14.0. The summed E-state index contributed by atoms with van der Waals surface area (Å²) in [5.74, 6) is -0.710. The van der Waals surface area contributed by atoms with E-state index in [0.29, 0.717) is 22.5 Å². The van der Waals surface area contributed by atoms with Gasteiger partial charge in [0, 0.05) is 12.6 Å². The Morgan fingerprint density at radius 3 is 2.53 bits per heavy atom. The molecule has 0 aliphatic rings. The molecule has 4 heteroatoms. The van der Waals surface area contributed by atoms with Crippen molar-refractivity contribution in [1.82, 2.24) is 0 Å². The van der Waals surface area contributed by atoms with Crippen molar-refractivity contribution in [1.29, 1.82) is 0 Å². The summed E-state index contributed by atoms with van der Waals surface area (Å²) in [5, 5.41) is 0. The predicted molar refractivity (Wildman–Crippen MR) is 74.7 cm³/mol. The first-order valence-corrected chi connectivity index (χ1v) is 5.89. The van der Waals surface area contributed by atoms with Crippen molar-refractivity contribution in [3.05, 3.63) is 59.4 Å². The number of carbonyl (C=O) groups excluding carboxylic acids is 1.